The summed E-state index contributed by atoms with van der Waals surface area (Å²) in [6.45, 7) is 0. The van der Waals surface area contributed by atoms with Crippen molar-refractivity contribution in [2.75, 3.05) is 0 Å². The standard InChI is InChI=1S/C14H12FN3O3/c15-10-8-9(2-3-11(10)18-7-1-6-16-18)12(19)17-14(4-5-14)13(20)21/h1-3,6-8H,4-5H2,(H,17,19)(H,20,21). The highest BCUT2D eigenvalue weighted by Gasteiger charge is 2.51. The zero-order chi connectivity index (χ0) is 15.0. The molecule has 1 heterocycles. The molecule has 1 saturated carbocycles. The maximum atomic E-state index is 14.0. The van der Waals surface area contributed by atoms with E-state index in [0.717, 1.165) is 6.07 Å². The fourth-order valence-corrected chi connectivity index (χ4v) is 2.05. The van der Waals surface area contributed by atoms with Gasteiger partial charge in [0.25, 0.3) is 5.91 Å². The average Bonchev–Trinajstić information content (AvgIpc) is 3.03. The molecule has 3 rings (SSSR count). The Balaban J connectivity index is 1.82. The van der Waals surface area contributed by atoms with E-state index in [2.05, 4.69) is 10.4 Å². The van der Waals surface area contributed by atoms with Crippen molar-refractivity contribution in [3.05, 3.63) is 48.0 Å². The molecular formula is C14H12FN3O3. The third kappa shape index (κ3) is 2.37. The van der Waals surface area contributed by atoms with Crippen molar-refractivity contribution in [1.82, 2.24) is 15.1 Å². The van der Waals surface area contributed by atoms with Crippen molar-refractivity contribution in [3.63, 3.8) is 0 Å². The Bertz CT molecular complexity index is 708. The third-order valence-electron chi connectivity index (χ3n) is 3.47. The minimum atomic E-state index is -1.19. The molecule has 0 radical (unpaired) electrons. The minimum absolute atomic E-state index is 0.0796. The Morgan fingerprint density at radius 3 is 2.67 bits per heavy atom. The first-order chi connectivity index (χ1) is 10.0. The third-order valence-corrected chi connectivity index (χ3v) is 3.47. The summed E-state index contributed by atoms with van der Waals surface area (Å²) in [5, 5.41) is 15.4. The predicted octanol–water partition coefficient (Wildman–Crippen LogP) is 1.36. The fourth-order valence-electron chi connectivity index (χ4n) is 2.05. The van der Waals surface area contributed by atoms with Gasteiger partial charge in [-0.05, 0) is 37.1 Å². The number of aromatic nitrogens is 2. The smallest absolute Gasteiger partial charge is 0.329 e. The van der Waals surface area contributed by atoms with Gasteiger partial charge in [-0.3, -0.25) is 4.79 Å². The molecule has 0 aliphatic heterocycles. The number of carbonyl (C=O) groups excluding carboxylic acids is 1. The van der Waals surface area contributed by atoms with Crippen LogP contribution in [0.3, 0.4) is 0 Å². The molecule has 1 amide bonds. The molecule has 1 aromatic heterocycles. The van der Waals surface area contributed by atoms with Crippen molar-refractivity contribution >= 4 is 11.9 Å². The summed E-state index contributed by atoms with van der Waals surface area (Å²) in [5.41, 5.74) is -0.888. The number of hydrogen-bond donors (Lipinski definition) is 2. The zero-order valence-corrected chi connectivity index (χ0v) is 10.9. The quantitative estimate of drug-likeness (QED) is 0.890. The molecule has 0 spiro atoms. The lowest BCUT2D eigenvalue weighted by Gasteiger charge is -2.13. The molecule has 2 aromatic rings. The number of carboxylic acid groups (broad SMARTS) is 1. The van der Waals surface area contributed by atoms with Crippen molar-refractivity contribution < 1.29 is 19.1 Å². The lowest BCUT2D eigenvalue weighted by atomic mass is 10.1. The predicted molar refractivity (Wildman–Crippen MR) is 70.6 cm³/mol. The van der Waals surface area contributed by atoms with Crippen LogP contribution in [-0.4, -0.2) is 32.3 Å². The first-order valence-corrected chi connectivity index (χ1v) is 6.37. The lowest BCUT2D eigenvalue weighted by molar-refractivity contribution is -0.140. The van der Waals surface area contributed by atoms with Crippen LogP contribution < -0.4 is 5.32 Å². The van der Waals surface area contributed by atoms with E-state index < -0.39 is 23.2 Å². The molecule has 1 aromatic carbocycles. The van der Waals surface area contributed by atoms with E-state index >= 15 is 0 Å². The molecule has 1 aliphatic carbocycles. The van der Waals surface area contributed by atoms with E-state index in [1.54, 1.807) is 12.3 Å². The number of carboxylic acids is 1. The number of nitrogens with one attached hydrogen (secondary N) is 1. The second-order valence-electron chi connectivity index (χ2n) is 4.96. The summed E-state index contributed by atoms with van der Waals surface area (Å²) >= 11 is 0. The van der Waals surface area contributed by atoms with Crippen LogP contribution in [0, 0.1) is 5.82 Å². The van der Waals surface area contributed by atoms with E-state index in [1.165, 1.54) is 23.0 Å². The van der Waals surface area contributed by atoms with Crippen LogP contribution in [0.5, 0.6) is 0 Å². The van der Waals surface area contributed by atoms with E-state index in [0.29, 0.717) is 12.8 Å². The van der Waals surface area contributed by atoms with Gasteiger partial charge < -0.3 is 10.4 Å². The summed E-state index contributed by atoms with van der Waals surface area (Å²) in [4.78, 5) is 23.0. The summed E-state index contributed by atoms with van der Waals surface area (Å²) in [5.74, 6) is -2.27. The van der Waals surface area contributed by atoms with Crippen LogP contribution >= 0.6 is 0 Å². The van der Waals surface area contributed by atoms with Gasteiger partial charge in [0.15, 0.2) is 0 Å². The summed E-state index contributed by atoms with van der Waals surface area (Å²) in [7, 11) is 0. The van der Waals surface area contributed by atoms with Crippen LogP contribution in [0.2, 0.25) is 0 Å². The maximum absolute atomic E-state index is 14.0. The van der Waals surface area contributed by atoms with Gasteiger partial charge in [-0.25, -0.2) is 13.9 Å². The normalized spacial score (nSPS) is 15.5. The van der Waals surface area contributed by atoms with Gasteiger partial charge in [-0.1, -0.05) is 0 Å². The van der Waals surface area contributed by atoms with Crippen molar-refractivity contribution in [2.24, 2.45) is 0 Å². The summed E-state index contributed by atoms with van der Waals surface area (Å²) in [6, 6.07) is 5.60. The van der Waals surface area contributed by atoms with Gasteiger partial charge in [0.2, 0.25) is 0 Å². The second kappa shape index (κ2) is 4.69. The lowest BCUT2D eigenvalue weighted by Crippen LogP contribution is -2.43. The Morgan fingerprint density at radius 1 is 1.38 bits per heavy atom. The van der Waals surface area contributed by atoms with Crippen molar-refractivity contribution in [2.45, 2.75) is 18.4 Å². The van der Waals surface area contributed by atoms with Gasteiger partial charge >= 0.3 is 5.97 Å². The molecule has 1 fully saturated rings. The molecule has 108 valence electrons. The zero-order valence-electron chi connectivity index (χ0n) is 10.9. The number of hydrogen-bond acceptors (Lipinski definition) is 3. The molecule has 0 bridgehead atoms. The molecule has 21 heavy (non-hydrogen) atoms. The van der Waals surface area contributed by atoms with E-state index in [9.17, 15) is 14.0 Å². The van der Waals surface area contributed by atoms with Gasteiger partial charge in [-0.2, -0.15) is 5.10 Å². The highest BCUT2D eigenvalue weighted by molar-refractivity contribution is 5.99. The molecule has 0 unspecified atom stereocenters. The van der Waals surface area contributed by atoms with Crippen LogP contribution in [0.4, 0.5) is 4.39 Å². The molecule has 0 saturated heterocycles. The van der Waals surface area contributed by atoms with Gasteiger partial charge in [0, 0.05) is 18.0 Å². The van der Waals surface area contributed by atoms with Gasteiger partial charge in [0.1, 0.15) is 17.0 Å². The number of rotatable bonds is 4. The Morgan fingerprint density at radius 2 is 2.14 bits per heavy atom. The first kappa shape index (κ1) is 13.3. The second-order valence-corrected chi connectivity index (χ2v) is 4.96. The van der Waals surface area contributed by atoms with E-state index in [4.69, 9.17) is 5.11 Å². The first-order valence-electron chi connectivity index (χ1n) is 6.37. The average molecular weight is 289 g/mol. The number of aliphatic carboxylic acids is 1. The van der Waals surface area contributed by atoms with Crippen molar-refractivity contribution in [1.29, 1.82) is 0 Å². The molecule has 2 N–H and O–H groups in total. The number of amides is 1. The Labute approximate surface area is 119 Å². The Hall–Kier alpha value is -2.70. The van der Waals surface area contributed by atoms with Crippen LogP contribution in [0.15, 0.2) is 36.7 Å². The SMILES string of the molecule is O=C(NC1(C(=O)O)CC1)c1ccc(-n2cccn2)c(F)c1. The molecule has 6 nitrogen and oxygen atoms in total. The molecular weight excluding hydrogens is 277 g/mol. The molecule has 0 atom stereocenters. The van der Waals surface area contributed by atoms with E-state index in [-0.39, 0.29) is 11.3 Å². The van der Waals surface area contributed by atoms with Crippen LogP contribution in [-0.2, 0) is 4.79 Å². The topological polar surface area (TPSA) is 84.2 Å². The monoisotopic (exact) mass is 289 g/mol. The van der Waals surface area contributed by atoms with Crippen LogP contribution in [0.1, 0.15) is 23.2 Å². The van der Waals surface area contributed by atoms with Crippen LogP contribution in [0.25, 0.3) is 5.69 Å². The highest BCUT2D eigenvalue weighted by atomic mass is 19.1. The summed E-state index contributed by atoms with van der Waals surface area (Å²) in [6.07, 6.45) is 3.88. The fraction of sp³-hybridized carbons (Fsp3) is 0.214. The number of carbonyl (C=O) groups is 2. The number of halogens is 1. The van der Waals surface area contributed by atoms with E-state index in [1.807, 2.05) is 0 Å². The number of benzene rings is 1. The van der Waals surface area contributed by atoms with Gasteiger partial charge in [0.05, 0.1) is 0 Å². The Kier molecular flexibility index (Phi) is 2.97. The largest absolute Gasteiger partial charge is 0.480 e. The summed E-state index contributed by atoms with van der Waals surface area (Å²) < 4.78 is 15.4. The highest BCUT2D eigenvalue weighted by Crippen LogP contribution is 2.35. The van der Waals surface area contributed by atoms with Crippen molar-refractivity contribution in [3.8, 4) is 5.69 Å². The number of nitrogens with zero attached hydrogens (tertiary/aromatic N) is 2. The maximum Gasteiger partial charge on any atom is 0.329 e. The molecule has 1 aliphatic rings. The molecule has 7 heteroatoms. The van der Waals surface area contributed by atoms with Gasteiger partial charge in [-0.15, -0.1) is 0 Å². The minimum Gasteiger partial charge on any atom is -0.480 e.